The number of sulfonamides is 1. The highest BCUT2D eigenvalue weighted by molar-refractivity contribution is 9.10. The van der Waals surface area contributed by atoms with Crippen LogP contribution in [0.3, 0.4) is 0 Å². The summed E-state index contributed by atoms with van der Waals surface area (Å²) in [4.78, 5) is 28.6. The monoisotopic (exact) mass is 493 g/mol. The molecule has 160 valence electrons. The summed E-state index contributed by atoms with van der Waals surface area (Å²) in [7, 11) is -3.90. The van der Waals surface area contributed by atoms with Crippen LogP contribution in [0.1, 0.15) is 28.8 Å². The Morgan fingerprint density at radius 1 is 0.967 bits per heavy atom. The van der Waals surface area contributed by atoms with Gasteiger partial charge in [-0.15, -0.1) is 0 Å². The van der Waals surface area contributed by atoms with Gasteiger partial charge in [0, 0.05) is 37.1 Å². The van der Waals surface area contributed by atoms with E-state index in [-0.39, 0.29) is 22.3 Å². The topological polar surface area (TPSA) is 101 Å². The van der Waals surface area contributed by atoms with E-state index in [1.807, 2.05) is 18.2 Å². The van der Waals surface area contributed by atoms with Gasteiger partial charge in [0.1, 0.15) is 0 Å². The van der Waals surface area contributed by atoms with Crippen LogP contribution in [0.2, 0.25) is 0 Å². The van der Waals surface area contributed by atoms with Gasteiger partial charge in [0.2, 0.25) is 15.9 Å². The zero-order chi connectivity index (χ0) is 21.7. The zero-order valence-electron chi connectivity index (χ0n) is 16.5. The van der Waals surface area contributed by atoms with Gasteiger partial charge < -0.3 is 9.80 Å². The number of hydrogen-bond acceptors (Lipinski definition) is 4. The van der Waals surface area contributed by atoms with Crippen molar-refractivity contribution < 1.29 is 18.0 Å². The summed E-state index contributed by atoms with van der Waals surface area (Å²) >= 11 is 3.30. The third-order valence-corrected chi connectivity index (χ3v) is 6.72. The van der Waals surface area contributed by atoms with Gasteiger partial charge in [-0.25, -0.2) is 13.6 Å². The molecule has 2 amide bonds. The summed E-state index contributed by atoms with van der Waals surface area (Å²) in [6, 6.07) is 14.2. The van der Waals surface area contributed by atoms with E-state index in [1.165, 1.54) is 23.8 Å². The maximum atomic E-state index is 12.9. The molecule has 1 aliphatic heterocycles. The third-order valence-electron chi connectivity index (χ3n) is 5.12. The molecule has 1 heterocycles. The SMILES string of the molecule is NS(=O)(=O)c1ccc(Br)c(C(=O)N2CCN(C(=O)CCCc3ccccc3)CC2)c1. The molecule has 0 radical (unpaired) electrons. The second kappa shape index (κ2) is 9.72. The van der Waals surface area contributed by atoms with Crippen LogP contribution in [0.5, 0.6) is 0 Å². The molecule has 0 saturated carbocycles. The maximum absolute atomic E-state index is 12.9. The molecule has 7 nitrogen and oxygen atoms in total. The Morgan fingerprint density at radius 2 is 1.60 bits per heavy atom. The number of rotatable bonds is 6. The molecule has 0 atom stereocenters. The van der Waals surface area contributed by atoms with Crippen LogP contribution >= 0.6 is 15.9 Å². The van der Waals surface area contributed by atoms with Crippen LogP contribution in [-0.2, 0) is 21.2 Å². The fourth-order valence-corrected chi connectivity index (χ4v) is 4.38. The predicted octanol–water partition coefficient (Wildman–Crippen LogP) is 2.40. The Hall–Kier alpha value is -2.23. The molecule has 1 aliphatic rings. The molecule has 1 saturated heterocycles. The largest absolute Gasteiger partial charge is 0.339 e. The number of piperazine rings is 1. The van der Waals surface area contributed by atoms with Gasteiger partial charge in [-0.2, -0.15) is 0 Å². The first-order valence-electron chi connectivity index (χ1n) is 9.69. The summed E-state index contributed by atoms with van der Waals surface area (Å²) in [6.07, 6.45) is 2.12. The van der Waals surface area contributed by atoms with Gasteiger partial charge >= 0.3 is 0 Å². The van der Waals surface area contributed by atoms with Crippen LogP contribution < -0.4 is 5.14 Å². The molecule has 0 bridgehead atoms. The number of nitrogens with two attached hydrogens (primary N) is 1. The number of hydrogen-bond donors (Lipinski definition) is 1. The van der Waals surface area contributed by atoms with Crippen LogP contribution in [-0.4, -0.2) is 56.2 Å². The molecule has 0 spiro atoms. The molecule has 2 aromatic rings. The lowest BCUT2D eigenvalue weighted by atomic mass is 10.1. The fraction of sp³-hybridized carbons (Fsp3) is 0.333. The second-order valence-corrected chi connectivity index (χ2v) is 9.61. The number of benzene rings is 2. The van der Waals surface area contributed by atoms with Gasteiger partial charge in [0.25, 0.3) is 5.91 Å². The van der Waals surface area contributed by atoms with Crippen LogP contribution in [0.15, 0.2) is 57.9 Å². The number of primary sulfonamides is 1. The highest BCUT2D eigenvalue weighted by atomic mass is 79.9. The van der Waals surface area contributed by atoms with E-state index in [0.717, 1.165) is 12.8 Å². The maximum Gasteiger partial charge on any atom is 0.255 e. The molecule has 0 aliphatic carbocycles. The van der Waals surface area contributed by atoms with E-state index in [2.05, 4.69) is 28.1 Å². The van der Waals surface area contributed by atoms with Gasteiger partial charge in [-0.1, -0.05) is 30.3 Å². The first-order valence-corrected chi connectivity index (χ1v) is 12.0. The van der Waals surface area contributed by atoms with Crippen LogP contribution in [0.25, 0.3) is 0 Å². The van der Waals surface area contributed by atoms with Crippen LogP contribution in [0, 0.1) is 0 Å². The highest BCUT2D eigenvalue weighted by Crippen LogP contribution is 2.23. The Morgan fingerprint density at radius 3 is 2.23 bits per heavy atom. The van der Waals surface area contributed by atoms with E-state index >= 15 is 0 Å². The number of amides is 2. The lowest BCUT2D eigenvalue weighted by Gasteiger charge is -2.35. The smallest absolute Gasteiger partial charge is 0.255 e. The number of halogens is 1. The van der Waals surface area contributed by atoms with Crippen molar-refractivity contribution in [2.75, 3.05) is 26.2 Å². The molecule has 0 aromatic heterocycles. The minimum atomic E-state index is -3.90. The molecule has 2 aromatic carbocycles. The average Bonchev–Trinajstić information content (AvgIpc) is 2.73. The first kappa shape index (κ1) is 22.5. The number of aryl methyl sites for hydroxylation is 1. The molecular weight excluding hydrogens is 470 g/mol. The lowest BCUT2D eigenvalue weighted by molar-refractivity contribution is -0.132. The predicted molar refractivity (Wildman–Crippen MR) is 117 cm³/mol. The summed E-state index contributed by atoms with van der Waals surface area (Å²) < 4.78 is 23.7. The van der Waals surface area contributed by atoms with Crippen molar-refractivity contribution in [1.29, 1.82) is 0 Å². The second-order valence-electron chi connectivity index (χ2n) is 7.20. The van der Waals surface area contributed by atoms with Crippen molar-refractivity contribution in [1.82, 2.24) is 9.80 Å². The summed E-state index contributed by atoms with van der Waals surface area (Å²) in [5, 5.41) is 5.17. The normalized spacial score (nSPS) is 14.6. The third kappa shape index (κ3) is 5.68. The van der Waals surface area contributed by atoms with Crippen molar-refractivity contribution >= 4 is 37.8 Å². The van der Waals surface area contributed by atoms with Crippen molar-refractivity contribution in [3.05, 3.63) is 64.1 Å². The summed E-state index contributed by atoms with van der Waals surface area (Å²) in [5.74, 6) is -0.195. The van der Waals surface area contributed by atoms with E-state index in [9.17, 15) is 18.0 Å². The summed E-state index contributed by atoms with van der Waals surface area (Å²) in [5.41, 5.74) is 1.46. The minimum absolute atomic E-state index is 0.0930. The van der Waals surface area contributed by atoms with E-state index < -0.39 is 10.0 Å². The minimum Gasteiger partial charge on any atom is -0.339 e. The Labute approximate surface area is 185 Å². The molecule has 30 heavy (non-hydrogen) atoms. The number of carbonyl (C=O) groups excluding carboxylic acids is 2. The zero-order valence-corrected chi connectivity index (χ0v) is 18.9. The van der Waals surface area contributed by atoms with E-state index in [1.54, 1.807) is 9.80 Å². The van der Waals surface area contributed by atoms with E-state index in [0.29, 0.717) is 37.1 Å². The van der Waals surface area contributed by atoms with Crippen LogP contribution in [0.4, 0.5) is 0 Å². The molecule has 9 heteroatoms. The quantitative estimate of drug-likeness (QED) is 0.667. The Balaban J connectivity index is 1.54. The van der Waals surface area contributed by atoms with Gasteiger partial charge in [0.15, 0.2) is 0 Å². The van der Waals surface area contributed by atoms with Crippen molar-refractivity contribution in [2.45, 2.75) is 24.2 Å². The molecule has 1 fully saturated rings. The molecular formula is C21H24BrN3O4S. The Kier molecular flexibility index (Phi) is 7.27. The van der Waals surface area contributed by atoms with Crippen molar-refractivity contribution in [3.8, 4) is 0 Å². The fourth-order valence-electron chi connectivity index (χ4n) is 3.42. The van der Waals surface area contributed by atoms with Gasteiger partial charge in [0.05, 0.1) is 10.5 Å². The van der Waals surface area contributed by atoms with Crippen molar-refractivity contribution in [2.24, 2.45) is 5.14 Å². The lowest BCUT2D eigenvalue weighted by Crippen LogP contribution is -2.50. The van der Waals surface area contributed by atoms with Crippen molar-refractivity contribution in [3.63, 3.8) is 0 Å². The standard InChI is InChI=1S/C21H24BrN3O4S/c22-19-10-9-17(30(23,28)29)15-18(19)21(27)25-13-11-24(12-14-25)20(26)8-4-7-16-5-2-1-3-6-16/h1-3,5-6,9-10,15H,4,7-8,11-14H2,(H2,23,28,29). The first-order chi connectivity index (χ1) is 14.3. The van der Waals surface area contributed by atoms with Gasteiger partial charge in [-0.05, 0) is 52.5 Å². The summed E-state index contributed by atoms with van der Waals surface area (Å²) in [6.45, 7) is 1.72. The highest BCUT2D eigenvalue weighted by Gasteiger charge is 2.26. The number of carbonyl (C=O) groups is 2. The molecule has 0 unspecified atom stereocenters. The average molecular weight is 494 g/mol. The molecule has 2 N–H and O–H groups in total. The van der Waals surface area contributed by atoms with Gasteiger partial charge in [-0.3, -0.25) is 9.59 Å². The molecule has 3 rings (SSSR count). The van der Waals surface area contributed by atoms with E-state index in [4.69, 9.17) is 5.14 Å². The number of nitrogens with zero attached hydrogens (tertiary/aromatic N) is 2. The Bertz CT molecular complexity index is 1020.